The predicted octanol–water partition coefficient (Wildman–Crippen LogP) is 7.39. The van der Waals surface area contributed by atoms with Crippen LogP contribution in [0.1, 0.15) is 60.4 Å². The van der Waals surface area contributed by atoms with Crippen molar-refractivity contribution in [2.24, 2.45) is 0 Å². The highest BCUT2D eigenvalue weighted by molar-refractivity contribution is 5.89. The topological polar surface area (TPSA) is 71.1 Å². The van der Waals surface area contributed by atoms with Crippen LogP contribution in [0.2, 0.25) is 0 Å². The van der Waals surface area contributed by atoms with Gasteiger partial charge in [-0.05, 0) is 118 Å². The van der Waals surface area contributed by atoms with Crippen molar-refractivity contribution in [1.82, 2.24) is 0 Å². The third-order valence-electron chi connectivity index (χ3n) is 6.32. The van der Waals surface area contributed by atoms with Gasteiger partial charge in [0.2, 0.25) is 0 Å². The average molecular weight is 567 g/mol. The zero-order valence-electron chi connectivity index (χ0n) is 24.8. The molecule has 0 heterocycles. The van der Waals surface area contributed by atoms with E-state index < -0.39 is 5.97 Å². The van der Waals surface area contributed by atoms with Crippen molar-refractivity contribution in [3.8, 4) is 29.1 Å². The van der Waals surface area contributed by atoms with Crippen LogP contribution in [0, 0.1) is 25.7 Å². The first-order chi connectivity index (χ1) is 20.2. The van der Waals surface area contributed by atoms with E-state index >= 15 is 0 Å². The van der Waals surface area contributed by atoms with Crippen LogP contribution in [0.25, 0.3) is 6.08 Å². The lowest BCUT2D eigenvalue weighted by Crippen LogP contribution is -2.06. The van der Waals surface area contributed by atoms with Gasteiger partial charge < -0.3 is 18.9 Å². The lowest BCUT2D eigenvalue weighted by molar-refractivity contribution is -0.139. The van der Waals surface area contributed by atoms with Gasteiger partial charge in [-0.25, -0.2) is 9.59 Å². The summed E-state index contributed by atoms with van der Waals surface area (Å²) in [4.78, 5) is 23.7. The number of rotatable bonds is 13. The molecule has 0 atom stereocenters. The van der Waals surface area contributed by atoms with Crippen molar-refractivity contribution in [1.29, 1.82) is 0 Å². The molecule has 0 aliphatic rings. The van der Waals surface area contributed by atoms with Gasteiger partial charge in [-0.3, -0.25) is 0 Å². The number of benzene rings is 3. The molecule has 3 rings (SSSR count). The Bertz CT molecular complexity index is 1470. The number of carbonyl (C=O) groups is 2. The lowest BCUT2D eigenvalue weighted by atomic mass is 10.1. The Balaban J connectivity index is 1.45. The molecule has 3 aromatic carbocycles. The second-order valence-electron chi connectivity index (χ2n) is 9.92. The Morgan fingerprint density at radius 1 is 0.810 bits per heavy atom. The van der Waals surface area contributed by atoms with Gasteiger partial charge in [-0.2, -0.15) is 0 Å². The van der Waals surface area contributed by atoms with E-state index in [0.29, 0.717) is 24.5 Å². The van der Waals surface area contributed by atoms with E-state index in [1.165, 1.54) is 6.08 Å². The van der Waals surface area contributed by atoms with Crippen LogP contribution in [-0.4, -0.2) is 32.3 Å². The molecule has 0 bridgehead atoms. The molecule has 0 saturated carbocycles. The number of unbranched alkanes of at least 4 members (excludes halogenated alkanes) is 3. The first kappa shape index (κ1) is 31.8. The summed E-state index contributed by atoms with van der Waals surface area (Å²) in [6.45, 7) is 10.2. The first-order valence-electron chi connectivity index (χ1n) is 14.0. The van der Waals surface area contributed by atoms with Crippen LogP contribution in [-0.2, 0) is 14.3 Å². The molecular weight excluding hydrogens is 528 g/mol. The maximum atomic E-state index is 12.3. The molecule has 0 spiro atoms. The third-order valence-corrected chi connectivity index (χ3v) is 6.32. The maximum Gasteiger partial charge on any atom is 0.336 e. The smallest absolute Gasteiger partial charge is 0.336 e. The van der Waals surface area contributed by atoms with E-state index in [2.05, 4.69) is 18.4 Å². The van der Waals surface area contributed by atoms with Crippen LogP contribution in [0.4, 0.5) is 0 Å². The van der Waals surface area contributed by atoms with Gasteiger partial charge >= 0.3 is 11.9 Å². The van der Waals surface area contributed by atoms with E-state index in [0.717, 1.165) is 65.0 Å². The molecule has 0 aliphatic carbocycles. The maximum absolute atomic E-state index is 12.3. The van der Waals surface area contributed by atoms with E-state index in [-0.39, 0.29) is 5.97 Å². The zero-order valence-corrected chi connectivity index (χ0v) is 24.8. The van der Waals surface area contributed by atoms with E-state index in [1.807, 2.05) is 68.4 Å². The summed E-state index contributed by atoms with van der Waals surface area (Å²) in [5.41, 5.74) is 4.86. The third kappa shape index (κ3) is 10.7. The summed E-state index contributed by atoms with van der Waals surface area (Å²) >= 11 is 0. The quantitative estimate of drug-likeness (QED) is 0.0706. The minimum absolute atomic E-state index is 0.330. The fourth-order valence-electron chi connectivity index (χ4n) is 3.92. The molecule has 42 heavy (non-hydrogen) atoms. The van der Waals surface area contributed by atoms with E-state index in [4.69, 9.17) is 18.9 Å². The number of aryl methyl sites for hydroxylation is 2. The Morgan fingerprint density at radius 2 is 1.40 bits per heavy atom. The molecule has 0 N–H and O–H groups in total. The number of esters is 2. The fourth-order valence-corrected chi connectivity index (χ4v) is 3.92. The van der Waals surface area contributed by atoms with Crippen LogP contribution >= 0.6 is 0 Å². The van der Waals surface area contributed by atoms with Gasteiger partial charge in [0.1, 0.15) is 17.2 Å². The fraction of sp³-hybridized carbons (Fsp3) is 0.278. The molecule has 0 unspecified atom stereocenters. The normalized spacial score (nSPS) is 10.5. The molecular formula is C36H38O6. The number of methoxy groups -OCH3 is 1. The van der Waals surface area contributed by atoms with Crippen LogP contribution in [0.15, 0.2) is 78.9 Å². The van der Waals surface area contributed by atoms with Gasteiger partial charge in [0, 0.05) is 22.8 Å². The van der Waals surface area contributed by atoms with Crippen LogP contribution in [0.3, 0.4) is 0 Å². The van der Waals surface area contributed by atoms with Crippen molar-refractivity contribution in [3.63, 3.8) is 0 Å². The molecule has 218 valence electrons. The van der Waals surface area contributed by atoms with Gasteiger partial charge in [-0.15, -0.1) is 0 Å². The van der Waals surface area contributed by atoms with Gasteiger partial charge in [0.15, 0.2) is 0 Å². The molecule has 6 heteroatoms. The van der Waals surface area contributed by atoms with Crippen molar-refractivity contribution < 1.29 is 28.5 Å². The van der Waals surface area contributed by atoms with Crippen molar-refractivity contribution in [2.75, 3.05) is 20.3 Å². The summed E-state index contributed by atoms with van der Waals surface area (Å²) in [7, 11) is 1.61. The van der Waals surface area contributed by atoms with Crippen molar-refractivity contribution >= 4 is 18.0 Å². The summed E-state index contributed by atoms with van der Waals surface area (Å²) in [5.74, 6) is 7.70. The number of carbonyl (C=O) groups excluding carboxylic acids is 2. The SMILES string of the molecule is C=C(C)C(=O)OCCCCCCOc1ccc(C#Cc2ccc(OC(=O)/C=C/c3ccc(OC)cc3)c(C)c2)cc1C. The first-order valence-corrected chi connectivity index (χ1v) is 14.0. The highest BCUT2D eigenvalue weighted by atomic mass is 16.5. The Labute approximate surface area is 249 Å². The summed E-state index contributed by atoms with van der Waals surface area (Å²) in [6, 6.07) is 18.8. The Morgan fingerprint density at radius 3 is 1.98 bits per heavy atom. The standard InChI is InChI=1S/C36H38O6/c1-26(2)36(38)41-23-9-7-6-8-22-40-33-19-14-30(24-27(33)3)10-11-31-15-20-34(28(4)25-31)42-35(37)21-16-29-12-17-32(39-5)18-13-29/h12-21,24-25H,1,6-9,22-23H2,2-5H3/b21-16+. The van der Waals surface area contributed by atoms with Crippen molar-refractivity contribution in [2.45, 2.75) is 46.5 Å². The predicted molar refractivity (Wildman–Crippen MR) is 166 cm³/mol. The second-order valence-corrected chi connectivity index (χ2v) is 9.92. The molecule has 0 radical (unpaired) electrons. The highest BCUT2D eigenvalue weighted by Crippen LogP contribution is 2.21. The highest BCUT2D eigenvalue weighted by Gasteiger charge is 2.06. The summed E-state index contributed by atoms with van der Waals surface area (Å²) in [5, 5.41) is 0. The largest absolute Gasteiger partial charge is 0.497 e. The molecule has 3 aromatic rings. The zero-order chi connectivity index (χ0) is 30.3. The summed E-state index contributed by atoms with van der Waals surface area (Å²) in [6.07, 6.45) is 6.85. The lowest BCUT2D eigenvalue weighted by Gasteiger charge is -2.09. The number of ether oxygens (including phenoxy) is 4. The van der Waals surface area contributed by atoms with Gasteiger partial charge in [0.05, 0.1) is 20.3 Å². The molecule has 0 amide bonds. The van der Waals surface area contributed by atoms with E-state index in [1.54, 1.807) is 26.2 Å². The molecule has 0 aliphatic heterocycles. The van der Waals surface area contributed by atoms with Gasteiger partial charge in [-0.1, -0.05) is 30.6 Å². The minimum atomic E-state index is -0.452. The van der Waals surface area contributed by atoms with E-state index in [9.17, 15) is 9.59 Å². The monoisotopic (exact) mass is 566 g/mol. The summed E-state index contributed by atoms with van der Waals surface area (Å²) < 4.78 is 21.7. The van der Waals surface area contributed by atoms with Crippen molar-refractivity contribution in [3.05, 3.63) is 107 Å². The minimum Gasteiger partial charge on any atom is -0.497 e. The second kappa shape index (κ2) is 16.5. The van der Waals surface area contributed by atoms with Crippen LogP contribution < -0.4 is 14.2 Å². The number of hydrogen-bond acceptors (Lipinski definition) is 6. The number of hydrogen-bond donors (Lipinski definition) is 0. The average Bonchev–Trinajstić information content (AvgIpc) is 2.98. The molecule has 0 saturated heterocycles. The molecule has 0 fully saturated rings. The van der Waals surface area contributed by atoms with Gasteiger partial charge in [0.25, 0.3) is 0 Å². The Kier molecular flexibility index (Phi) is 12.5. The molecule has 0 aromatic heterocycles. The Hall–Kier alpha value is -4.76. The van der Waals surface area contributed by atoms with Crippen LogP contribution in [0.5, 0.6) is 17.2 Å². The molecule has 6 nitrogen and oxygen atoms in total.